The first-order valence-corrected chi connectivity index (χ1v) is 9.35. The third kappa shape index (κ3) is 5.96. The molecule has 0 heterocycles. The molecule has 7 nitrogen and oxygen atoms in total. The van der Waals surface area contributed by atoms with E-state index in [1.807, 2.05) is 37.9 Å². The van der Waals surface area contributed by atoms with Crippen LogP contribution in [0.15, 0.2) is 36.4 Å². The van der Waals surface area contributed by atoms with Crippen molar-refractivity contribution in [1.29, 1.82) is 0 Å². The van der Waals surface area contributed by atoms with E-state index in [0.717, 1.165) is 11.1 Å². The summed E-state index contributed by atoms with van der Waals surface area (Å²) in [6.07, 6.45) is 0. The highest BCUT2D eigenvalue weighted by atomic mass is 16.5. The molecule has 0 saturated carbocycles. The van der Waals surface area contributed by atoms with Crippen molar-refractivity contribution in [2.24, 2.45) is 0 Å². The number of methoxy groups -OCH3 is 2. The van der Waals surface area contributed by atoms with E-state index in [1.54, 1.807) is 38.5 Å². The maximum absolute atomic E-state index is 12.6. The van der Waals surface area contributed by atoms with Gasteiger partial charge in [-0.05, 0) is 68.4 Å². The zero-order chi connectivity index (χ0) is 21.6. The second-order valence-corrected chi connectivity index (χ2v) is 6.97. The van der Waals surface area contributed by atoms with Crippen LogP contribution < -0.4 is 20.1 Å². The standard InChI is InChI=1S/C22H29N3O4/c1-14-11-20(28-5)21(29-6)12-17(14)13-25(4)15(2)22(27)24-19-9-7-18(8-10-19)23-16(3)26/h7-12,15H,13H2,1-6H3,(H,23,26)(H,24,27)/t15-/m1/s1. The fourth-order valence-electron chi connectivity index (χ4n) is 2.89. The van der Waals surface area contributed by atoms with Gasteiger partial charge in [-0.3, -0.25) is 14.5 Å². The van der Waals surface area contributed by atoms with E-state index in [-0.39, 0.29) is 17.9 Å². The minimum absolute atomic E-state index is 0.113. The molecule has 2 aromatic rings. The molecule has 0 radical (unpaired) electrons. The van der Waals surface area contributed by atoms with Crippen LogP contribution in [0.4, 0.5) is 11.4 Å². The molecule has 0 spiro atoms. The molecular weight excluding hydrogens is 370 g/mol. The van der Waals surface area contributed by atoms with Crippen molar-refractivity contribution in [3.63, 3.8) is 0 Å². The van der Waals surface area contributed by atoms with Crippen LogP contribution in [0.1, 0.15) is 25.0 Å². The van der Waals surface area contributed by atoms with Crippen molar-refractivity contribution in [3.05, 3.63) is 47.5 Å². The summed E-state index contributed by atoms with van der Waals surface area (Å²) in [6.45, 7) is 5.90. The number of carbonyl (C=O) groups is 2. The monoisotopic (exact) mass is 399 g/mol. The molecule has 2 rings (SSSR count). The van der Waals surface area contributed by atoms with Crippen molar-refractivity contribution in [3.8, 4) is 11.5 Å². The van der Waals surface area contributed by atoms with E-state index < -0.39 is 0 Å². The van der Waals surface area contributed by atoms with E-state index in [0.29, 0.717) is 29.4 Å². The minimum atomic E-state index is -0.350. The zero-order valence-corrected chi connectivity index (χ0v) is 17.8. The van der Waals surface area contributed by atoms with Gasteiger partial charge in [0.1, 0.15) is 0 Å². The van der Waals surface area contributed by atoms with Crippen molar-refractivity contribution >= 4 is 23.2 Å². The van der Waals surface area contributed by atoms with E-state index in [2.05, 4.69) is 10.6 Å². The molecule has 0 bridgehead atoms. The SMILES string of the molecule is COc1cc(C)c(CN(C)[C@H](C)C(=O)Nc2ccc(NC(C)=O)cc2)cc1OC. The summed E-state index contributed by atoms with van der Waals surface area (Å²) in [4.78, 5) is 25.7. The molecule has 0 aliphatic rings. The second kappa shape index (κ2) is 9.93. The summed E-state index contributed by atoms with van der Waals surface area (Å²) in [5.74, 6) is 1.10. The number of amides is 2. The minimum Gasteiger partial charge on any atom is -0.493 e. The van der Waals surface area contributed by atoms with Crippen LogP contribution >= 0.6 is 0 Å². The predicted octanol–water partition coefficient (Wildman–Crippen LogP) is 3.43. The largest absolute Gasteiger partial charge is 0.493 e. The van der Waals surface area contributed by atoms with E-state index >= 15 is 0 Å². The van der Waals surface area contributed by atoms with Crippen molar-refractivity contribution in [1.82, 2.24) is 4.90 Å². The first-order valence-electron chi connectivity index (χ1n) is 9.35. The third-order valence-corrected chi connectivity index (χ3v) is 4.78. The van der Waals surface area contributed by atoms with Gasteiger partial charge in [0.2, 0.25) is 11.8 Å². The lowest BCUT2D eigenvalue weighted by Gasteiger charge is -2.25. The maximum Gasteiger partial charge on any atom is 0.241 e. The molecule has 0 aliphatic carbocycles. The number of nitrogens with one attached hydrogen (secondary N) is 2. The van der Waals surface area contributed by atoms with Gasteiger partial charge < -0.3 is 20.1 Å². The van der Waals surface area contributed by atoms with Crippen LogP contribution in [0, 0.1) is 6.92 Å². The topological polar surface area (TPSA) is 79.9 Å². The quantitative estimate of drug-likeness (QED) is 0.711. The molecule has 0 unspecified atom stereocenters. The highest BCUT2D eigenvalue weighted by molar-refractivity contribution is 5.95. The summed E-state index contributed by atoms with van der Waals surface area (Å²) in [7, 11) is 5.12. The zero-order valence-electron chi connectivity index (χ0n) is 17.8. The summed E-state index contributed by atoms with van der Waals surface area (Å²) in [5.41, 5.74) is 3.48. The molecule has 0 aromatic heterocycles. The van der Waals surface area contributed by atoms with Gasteiger partial charge in [-0.2, -0.15) is 0 Å². The lowest BCUT2D eigenvalue weighted by atomic mass is 10.1. The number of ether oxygens (including phenoxy) is 2. The number of likely N-dealkylation sites (N-methyl/N-ethyl adjacent to an activating group) is 1. The lowest BCUT2D eigenvalue weighted by Crippen LogP contribution is -2.39. The summed E-state index contributed by atoms with van der Waals surface area (Å²) < 4.78 is 10.7. The Morgan fingerprint density at radius 2 is 1.52 bits per heavy atom. The van der Waals surface area contributed by atoms with Gasteiger partial charge in [-0.1, -0.05) is 0 Å². The Kier molecular flexibility index (Phi) is 7.61. The highest BCUT2D eigenvalue weighted by Gasteiger charge is 2.20. The van der Waals surface area contributed by atoms with Gasteiger partial charge in [0.05, 0.1) is 20.3 Å². The Hall–Kier alpha value is -3.06. The lowest BCUT2D eigenvalue weighted by molar-refractivity contribution is -0.120. The number of hydrogen-bond donors (Lipinski definition) is 2. The normalized spacial score (nSPS) is 11.7. The number of anilines is 2. The molecule has 2 amide bonds. The number of aryl methyl sites for hydroxylation is 1. The number of benzene rings is 2. The number of nitrogens with zero attached hydrogens (tertiary/aromatic N) is 1. The van der Waals surface area contributed by atoms with Crippen LogP contribution in [-0.4, -0.2) is 44.0 Å². The van der Waals surface area contributed by atoms with Gasteiger partial charge in [0.25, 0.3) is 0 Å². The van der Waals surface area contributed by atoms with Crippen LogP contribution in [0.2, 0.25) is 0 Å². The van der Waals surface area contributed by atoms with Gasteiger partial charge in [-0.15, -0.1) is 0 Å². The van der Waals surface area contributed by atoms with E-state index in [1.165, 1.54) is 6.92 Å². The Labute approximate surface area is 172 Å². The molecule has 1 atom stereocenters. The van der Waals surface area contributed by atoms with Gasteiger partial charge in [0, 0.05) is 24.8 Å². The van der Waals surface area contributed by atoms with E-state index in [9.17, 15) is 9.59 Å². The van der Waals surface area contributed by atoms with Crippen LogP contribution in [0.25, 0.3) is 0 Å². The molecule has 0 aliphatic heterocycles. The van der Waals surface area contributed by atoms with Crippen molar-refractivity contribution in [2.75, 3.05) is 31.9 Å². The van der Waals surface area contributed by atoms with Crippen LogP contribution in [0.5, 0.6) is 11.5 Å². The Morgan fingerprint density at radius 1 is 1.00 bits per heavy atom. The second-order valence-electron chi connectivity index (χ2n) is 6.97. The molecule has 2 aromatic carbocycles. The average Bonchev–Trinajstić information content (AvgIpc) is 2.69. The Morgan fingerprint density at radius 3 is 2.03 bits per heavy atom. The Balaban J connectivity index is 2.03. The molecular formula is C22H29N3O4. The van der Waals surface area contributed by atoms with E-state index in [4.69, 9.17) is 9.47 Å². The molecule has 0 saturated heterocycles. The first kappa shape index (κ1) is 22.2. The molecule has 0 fully saturated rings. The van der Waals surface area contributed by atoms with Crippen molar-refractivity contribution in [2.45, 2.75) is 33.4 Å². The number of rotatable bonds is 8. The van der Waals surface area contributed by atoms with Gasteiger partial charge in [0.15, 0.2) is 11.5 Å². The van der Waals surface area contributed by atoms with Gasteiger partial charge >= 0.3 is 0 Å². The third-order valence-electron chi connectivity index (χ3n) is 4.78. The summed E-state index contributed by atoms with van der Waals surface area (Å²) in [6, 6.07) is 10.5. The predicted molar refractivity (Wildman–Crippen MR) is 115 cm³/mol. The first-order chi connectivity index (χ1) is 13.7. The smallest absolute Gasteiger partial charge is 0.241 e. The Bertz CT molecular complexity index is 865. The average molecular weight is 399 g/mol. The van der Waals surface area contributed by atoms with Crippen LogP contribution in [0.3, 0.4) is 0 Å². The summed E-state index contributed by atoms with van der Waals surface area (Å²) in [5, 5.41) is 5.60. The molecule has 2 N–H and O–H groups in total. The van der Waals surface area contributed by atoms with Crippen molar-refractivity contribution < 1.29 is 19.1 Å². The molecule has 7 heteroatoms. The number of hydrogen-bond acceptors (Lipinski definition) is 5. The fourth-order valence-corrected chi connectivity index (χ4v) is 2.89. The molecule has 156 valence electrons. The van der Waals surface area contributed by atoms with Crippen LogP contribution in [-0.2, 0) is 16.1 Å². The maximum atomic E-state index is 12.6. The number of carbonyl (C=O) groups excluding carboxylic acids is 2. The van der Waals surface area contributed by atoms with Gasteiger partial charge in [-0.25, -0.2) is 0 Å². The summed E-state index contributed by atoms with van der Waals surface area (Å²) >= 11 is 0. The highest BCUT2D eigenvalue weighted by Crippen LogP contribution is 2.31. The molecule has 29 heavy (non-hydrogen) atoms. The fraction of sp³-hybridized carbons (Fsp3) is 0.364.